The Morgan fingerprint density at radius 1 is 1.41 bits per heavy atom. The molecule has 0 heterocycles. The monoisotopic (exact) mass is 241 g/mol. The lowest BCUT2D eigenvalue weighted by Crippen LogP contribution is -2.23. The van der Waals surface area contributed by atoms with Crippen molar-refractivity contribution in [3.05, 3.63) is 29.6 Å². The van der Waals surface area contributed by atoms with Crippen LogP contribution in [0.1, 0.15) is 38.3 Å². The van der Waals surface area contributed by atoms with E-state index < -0.39 is 5.82 Å². The zero-order valence-corrected chi connectivity index (χ0v) is 10.3. The second-order valence-electron chi connectivity index (χ2n) is 4.23. The molecule has 3 nitrogen and oxygen atoms in total. The molecule has 0 bridgehead atoms. The van der Waals surface area contributed by atoms with Crippen LogP contribution in [0, 0.1) is 5.82 Å². The van der Waals surface area contributed by atoms with E-state index >= 15 is 0 Å². The molecule has 1 aromatic rings. The van der Waals surface area contributed by atoms with E-state index in [1.807, 2.05) is 13.8 Å². The van der Waals surface area contributed by atoms with Crippen LogP contribution in [0.15, 0.2) is 18.2 Å². The topological polar surface area (TPSA) is 52.5 Å². The molecule has 17 heavy (non-hydrogen) atoms. The Hall–Kier alpha value is -1.13. The predicted molar refractivity (Wildman–Crippen MR) is 65.4 cm³/mol. The summed E-state index contributed by atoms with van der Waals surface area (Å²) in [5.41, 5.74) is 0.664. The lowest BCUT2D eigenvalue weighted by molar-refractivity contribution is 0.158. The quantitative estimate of drug-likeness (QED) is 0.716. The van der Waals surface area contributed by atoms with Crippen LogP contribution in [0.2, 0.25) is 0 Å². The molecular formula is C13H20FNO2. The Morgan fingerprint density at radius 2 is 2.12 bits per heavy atom. The number of halogens is 1. The summed E-state index contributed by atoms with van der Waals surface area (Å²) in [6, 6.07) is 3.93. The van der Waals surface area contributed by atoms with Crippen LogP contribution in [0.4, 0.5) is 4.39 Å². The van der Waals surface area contributed by atoms with E-state index in [4.69, 9.17) is 0 Å². The number of hydrogen-bond acceptors (Lipinski definition) is 3. The molecule has 0 fully saturated rings. The molecular weight excluding hydrogens is 221 g/mol. The minimum atomic E-state index is -0.445. The fourth-order valence-electron chi connectivity index (χ4n) is 1.66. The van der Waals surface area contributed by atoms with E-state index in [-0.39, 0.29) is 17.9 Å². The van der Waals surface area contributed by atoms with Crippen molar-refractivity contribution in [1.82, 2.24) is 5.32 Å². The Morgan fingerprint density at radius 3 is 2.71 bits per heavy atom. The van der Waals surface area contributed by atoms with Gasteiger partial charge in [0.15, 0.2) is 0 Å². The third-order valence-corrected chi connectivity index (χ3v) is 2.86. The highest BCUT2D eigenvalue weighted by molar-refractivity contribution is 5.34. The largest absolute Gasteiger partial charge is 0.508 e. The van der Waals surface area contributed by atoms with Crippen molar-refractivity contribution < 1.29 is 14.6 Å². The van der Waals surface area contributed by atoms with Crippen LogP contribution in [-0.4, -0.2) is 22.9 Å². The molecule has 3 N–H and O–H groups in total. The van der Waals surface area contributed by atoms with Gasteiger partial charge < -0.3 is 15.5 Å². The molecule has 2 unspecified atom stereocenters. The third kappa shape index (κ3) is 4.32. The first kappa shape index (κ1) is 13.9. The highest BCUT2D eigenvalue weighted by Crippen LogP contribution is 2.24. The highest BCUT2D eigenvalue weighted by atomic mass is 19.1. The van der Waals surface area contributed by atoms with Gasteiger partial charge in [-0.1, -0.05) is 13.0 Å². The van der Waals surface area contributed by atoms with E-state index in [1.54, 1.807) is 6.07 Å². The van der Waals surface area contributed by atoms with Crippen molar-refractivity contribution in [1.29, 1.82) is 0 Å². The summed E-state index contributed by atoms with van der Waals surface area (Å²) in [7, 11) is 0. The zero-order valence-electron chi connectivity index (χ0n) is 10.3. The molecule has 2 atom stereocenters. The van der Waals surface area contributed by atoms with Gasteiger partial charge in [0.2, 0.25) is 0 Å². The summed E-state index contributed by atoms with van der Waals surface area (Å²) < 4.78 is 12.8. The van der Waals surface area contributed by atoms with Crippen LogP contribution in [0.5, 0.6) is 5.75 Å². The molecule has 1 aromatic carbocycles. The van der Waals surface area contributed by atoms with E-state index in [0.717, 1.165) is 12.5 Å². The molecule has 0 saturated carbocycles. The van der Waals surface area contributed by atoms with Gasteiger partial charge in [0, 0.05) is 17.7 Å². The summed E-state index contributed by atoms with van der Waals surface area (Å²) in [6.45, 7) is 4.48. The van der Waals surface area contributed by atoms with E-state index in [2.05, 4.69) is 5.32 Å². The highest BCUT2D eigenvalue weighted by Gasteiger charge is 2.11. The number of hydrogen-bond donors (Lipinski definition) is 3. The first-order valence-corrected chi connectivity index (χ1v) is 5.94. The van der Waals surface area contributed by atoms with Gasteiger partial charge in [0.05, 0.1) is 6.10 Å². The lowest BCUT2D eigenvalue weighted by atomic mass is 10.1. The molecule has 0 aliphatic heterocycles. The van der Waals surface area contributed by atoms with Crippen LogP contribution < -0.4 is 5.32 Å². The molecule has 0 amide bonds. The average molecular weight is 241 g/mol. The number of phenols is 1. The van der Waals surface area contributed by atoms with Gasteiger partial charge >= 0.3 is 0 Å². The normalized spacial score (nSPS) is 14.6. The van der Waals surface area contributed by atoms with Crippen molar-refractivity contribution >= 4 is 0 Å². The van der Waals surface area contributed by atoms with Gasteiger partial charge in [-0.15, -0.1) is 0 Å². The fourth-order valence-corrected chi connectivity index (χ4v) is 1.66. The van der Waals surface area contributed by atoms with Gasteiger partial charge in [-0.3, -0.25) is 0 Å². The van der Waals surface area contributed by atoms with Gasteiger partial charge in [-0.05, 0) is 32.4 Å². The molecule has 0 aliphatic rings. The van der Waals surface area contributed by atoms with Crippen LogP contribution >= 0.6 is 0 Å². The van der Waals surface area contributed by atoms with Gasteiger partial charge in [-0.2, -0.15) is 0 Å². The van der Waals surface area contributed by atoms with Gasteiger partial charge in [0.25, 0.3) is 0 Å². The smallest absolute Gasteiger partial charge is 0.126 e. The minimum absolute atomic E-state index is 0.0407. The molecule has 0 aromatic heterocycles. The Labute approximate surface area is 101 Å². The molecule has 0 aliphatic carbocycles. The van der Waals surface area contributed by atoms with Crippen molar-refractivity contribution in [2.75, 3.05) is 6.54 Å². The fraction of sp³-hybridized carbons (Fsp3) is 0.538. The lowest BCUT2D eigenvalue weighted by Gasteiger charge is -2.16. The maximum absolute atomic E-state index is 12.8. The first-order chi connectivity index (χ1) is 8.04. The van der Waals surface area contributed by atoms with E-state index in [0.29, 0.717) is 18.5 Å². The van der Waals surface area contributed by atoms with Crippen LogP contribution in [-0.2, 0) is 0 Å². The number of nitrogens with one attached hydrogen (secondary N) is 1. The Kier molecular flexibility index (Phi) is 5.38. The maximum atomic E-state index is 12.8. The van der Waals surface area contributed by atoms with Crippen molar-refractivity contribution in [2.24, 2.45) is 0 Å². The second-order valence-corrected chi connectivity index (χ2v) is 4.23. The molecule has 0 saturated heterocycles. The number of rotatable bonds is 6. The van der Waals surface area contributed by atoms with Crippen LogP contribution in [0.25, 0.3) is 0 Å². The summed E-state index contributed by atoms with van der Waals surface area (Å²) >= 11 is 0. The summed E-state index contributed by atoms with van der Waals surface area (Å²) in [5, 5.41) is 22.2. The average Bonchev–Trinajstić information content (AvgIpc) is 2.28. The van der Waals surface area contributed by atoms with Gasteiger partial charge in [-0.25, -0.2) is 4.39 Å². The number of phenolic OH excluding ortho intramolecular Hbond substituents is 1. The number of aliphatic hydroxyl groups excluding tert-OH is 1. The zero-order chi connectivity index (χ0) is 12.8. The summed E-state index contributed by atoms with van der Waals surface area (Å²) in [5.74, 6) is -0.485. The molecule has 1 rings (SSSR count). The Balaban J connectivity index is 2.49. The minimum Gasteiger partial charge on any atom is -0.508 e. The SMILES string of the molecule is CCC(O)CCNC(C)c1ccc(F)cc1O. The standard InChI is InChI=1S/C13H20FNO2/c1-3-11(16)6-7-15-9(2)12-5-4-10(14)8-13(12)17/h4-5,8-9,11,15-17H,3,6-7H2,1-2H3. The van der Waals surface area contributed by atoms with E-state index in [1.165, 1.54) is 6.07 Å². The predicted octanol–water partition coefficient (Wildman–Crippen LogP) is 2.34. The molecule has 96 valence electrons. The maximum Gasteiger partial charge on any atom is 0.126 e. The van der Waals surface area contributed by atoms with E-state index in [9.17, 15) is 14.6 Å². The molecule has 0 spiro atoms. The van der Waals surface area contributed by atoms with Crippen molar-refractivity contribution in [3.63, 3.8) is 0 Å². The van der Waals surface area contributed by atoms with Crippen molar-refractivity contribution in [2.45, 2.75) is 38.8 Å². The summed E-state index contributed by atoms with van der Waals surface area (Å²) in [6.07, 6.45) is 1.11. The third-order valence-electron chi connectivity index (χ3n) is 2.86. The van der Waals surface area contributed by atoms with Crippen molar-refractivity contribution in [3.8, 4) is 5.75 Å². The number of aromatic hydroxyl groups is 1. The van der Waals surface area contributed by atoms with Crippen LogP contribution in [0.3, 0.4) is 0 Å². The van der Waals surface area contributed by atoms with Gasteiger partial charge in [0.1, 0.15) is 11.6 Å². The first-order valence-electron chi connectivity index (χ1n) is 5.94. The second kappa shape index (κ2) is 6.57. The molecule has 4 heteroatoms. The molecule has 0 radical (unpaired) electrons. The number of aliphatic hydroxyl groups is 1. The summed E-state index contributed by atoms with van der Waals surface area (Å²) in [4.78, 5) is 0. The Bertz CT molecular complexity index is 357. The number of benzene rings is 1.